The van der Waals surface area contributed by atoms with Crippen molar-refractivity contribution in [2.75, 3.05) is 0 Å². The fourth-order valence-corrected chi connectivity index (χ4v) is 3.54. The molecular formula is C18H24N2. The summed E-state index contributed by atoms with van der Waals surface area (Å²) < 4.78 is 0. The number of hydrogen-bond donors (Lipinski definition) is 1. The third-order valence-corrected chi connectivity index (χ3v) is 4.94. The maximum Gasteiger partial charge on any atom is 0.0702 e. The Labute approximate surface area is 121 Å². The molecule has 3 unspecified atom stereocenters. The van der Waals surface area contributed by atoms with Gasteiger partial charge in [0.2, 0.25) is 0 Å². The van der Waals surface area contributed by atoms with Crippen LogP contribution in [0.4, 0.5) is 0 Å². The number of aromatic nitrogens is 1. The molecule has 106 valence electrons. The van der Waals surface area contributed by atoms with Crippen molar-refractivity contribution in [3.63, 3.8) is 0 Å². The van der Waals surface area contributed by atoms with Gasteiger partial charge in [-0.2, -0.15) is 0 Å². The minimum atomic E-state index is 0.305. The molecule has 1 aliphatic carbocycles. The van der Waals surface area contributed by atoms with Crippen molar-refractivity contribution < 1.29 is 0 Å². The average Bonchev–Trinajstić information content (AvgIpc) is 2.47. The number of nitrogens with zero attached hydrogens (tertiary/aromatic N) is 1. The maximum absolute atomic E-state index is 6.40. The Morgan fingerprint density at radius 1 is 1.20 bits per heavy atom. The van der Waals surface area contributed by atoms with E-state index in [1.54, 1.807) is 0 Å². The van der Waals surface area contributed by atoms with Crippen molar-refractivity contribution in [3.05, 3.63) is 42.1 Å². The summed E-state index contributed by atoms with van der Waals surface area (Å²) in [6, 6.07) is 11.1. The summed E-state index contributed by atoms with van der Waals surface area (Å²) in [6.07, 6.45) is 5.51. The Morgan fingerprint density at radius 3 is 2.85 bits per heavy atom. The van der Waals surface area contributed by atoms with Crippen molar-refractivity contribution in [2.45, 2.75) is 45.1 Å². The Hall–Kier alpha value is -1.41. The zero-order chi connectivity index (χ0) is 14.1. The Kier molecular flexibility index (Phi) is 3.75. The topological polar surface area (TPSA) is 38.9 Å². The summed E-state index contributed by atoms with van der Waals surface area (Å²) in [7, 11) is 0. The van der Waals surface area contributed by atoms with E-state index in [0.29, 0.717) is 12.0 Å². The number of nitrogens with two attached hydrogens (primary N) is 1. The quantitative estimate of drug-likeness (QED) is 0.890. The smallest absolute Gasteiger partial charge is 0.0702 e. The predicted molar refractivity (Wildman–Crippen MR) is 84.6 cm³/mol. The van der Waals surface area contributed by atoms with Crippen molar-refractivity contribution >= 4 is 10.9 Å². The van der Waals surface area contributed by atoms with Crippen LogP contribution in [0.25, 0.3) is 10.9 Å². The zero-order valence-electron chi connectivity index (χ0n) is 12.4. The molecule has 2 nitrogen and oxygen atoms in total. The summed E-state index contributed by atoms with van der Waals surface area (Å²) in [5.74, 6) is 2.07. The van der Waals surface area contributed by atoms with E-state index < -0.39 is 0 Å². The van der Waals surface area contributed by atoms with Gasteiger partial charge in [-0.1, -0.05) is 26.0 Å². The second-order valence-electron chi connectivity index (χ2n) is 6.54. The molecule has 1 aromatic heterocycles. The van der Waals surface area contributed by atoms with Crippen LogP contribution in [0.5, 0.6) is 0 Å². The number of pyridine rings is 1. The predicted octanol–water partition coefficient (Wildman–Crippen LogP) is 4.10. The van der Waals surface area contributed by atoms with Gasteiger partial charge in [-0.15, -0.1) is 0 Å². The monoisotopic (exact) mass is 268 g/mol. The summed E-state index contributed by atoms with van der Waals surface area (Å²) >= 11 is 0. The van der Waals surface area contributed by atoms with Gasteiger partial charge in [-0.05, 0) is 60.8 Å². The van der Waals surface area contributed by atoms with Crippen molar-refractivity contribution in [1.29, 1.82) is 0 Å². The molecule has 1 saturated carbocycles. The lowest BCUT2D eigenvalue weighted by molar-refractivity contribution is 0.232. The van der Waals surface area contributed by atoms with E-state index >= 15 is 0 Å². The standard InChI is InChI=1S/C18H24N2/c1-12(2)13-5-7-17(19)16(11-13)14-6-8-18-15(10-14)4-3-9-20-18/h3-4,6,8-10,12-13,16-17H,5,7,11,19H2,1-2H3. The Morgan fingerprint density at radius 2 is 2.05 bits per heavy atom. The van der Waals surface area contributed by atoms with Gasteiger partial charge in [0.15, 0.2) is 0 Å². The summed E-state index contributed by atoms with van der Waals surface area (Å²) in [5.41, 5.74) is 8.86. The highest BCUT2D eigenvalue weighted by Crippen LogP contribution is 2.39. The second kappa shape index (κ2) is 5.53. The molecule has 0 bridgehead atoms. The van der Waals surface area contributed by atoms with E-state index in [4.69, 9.17) is 5.73 Å². The number of hydrogen-bond acceptors (Lipinski definition) is 2. The summed E-state index contributed by atoms with van der Waals surface area (Å²) in [4.78, 5) is 4.40. The minimum Gasteiger partial charge on any atom is -0.327 e. The fourth-order valence-electron chi connectivity index (χ4n) is 3.54. The van der Waals surface area contributed by atoms with Gasteiger partial charge >= 0.3 is 0 Å². The van der Waals surface area contributed by atoms with Gasteiger partial charge in [0, 0.05) is 17.6 Å². The fraction of sp³-hybridized carbons (Fsp3) is 0.500. The van der Waals surface area contributed by atoms with Crippen molar-refractivity contribution in [1.82, 2.24) is 4.98 Å². The van der Waals surface area contributed by atoms with Crippen LogP contribution >= 0.6 is 0 Å². The maximum atomic E-state index is 6.40. The van der Waals surface area contributed by atoms with E-state index in [2.05, 4.69) is 43.1 Å². The third kappa shape index (κ3) is 2.57. The van der Waals surface area contributed by atoms with Crippen LogP contribution in [0.2, 0.25) is 0 Å². The van der Waals surface area contributed by atoms with Crippen molar-refractivity contribution in [2.24, 2.45) is 17.6 Å². The third-order valence-electron chi connectivity index (χ3n) is 4.94. The molecule has 3 rings (SSSR count). The minimum absolute atomic E-state index is 0.305. The summed E-state index contributed by atoms with van der Waals surface area (Å²) in [5, 5.41) is 1.23. The van der Waals surface area contributed by atoms with Gasteiger partial charge < -0.3 is 5.73 Å². The van der Waals surface area contributed by atoms with E-state index in [1.807, 2.05) is 12.3 Å². The Balaban J connectivity index is 1.91. The van der Waals surface area contributed by atoms with E-state index in [1.165, 1.54) is 23.8 Å². The molecule has 20 heavy (non-hydrogen) atoms. The summed E-state index contributed by atoms with van der Waals surface area (Å²) in [6.45, 7) is 4.67. The molecular weight excluding hydrogens is 244 g/mol. The van der Waals surface area contributed by atoms with Crippen LogP contribution in [0.1, 0.15) is 44.6 Å². The molecule has 1 fully saturated rings. The highest BCUT2D eigenvalue weighted by molar-refractivity contribution is 5.79. The van der Waals surface area contributed by atoms with Crippen LogP contribution < -0.4 is 5.73 Å². The van der Waals surface area contributed by atoms with Crippen LogP contribution in [-0.4, -0.2) is 11.0 Å². The molecule has 1 heterocycles. The van der Waals surface area contributed by atoms with Crippen LogP contribution in [0.15, 0.2) is 36.5 Å². The molecule has 0 spiro atoms. The molecule has 2 heteroatoms. The normalized spacial score (nSPS) is 27.1. The molecule has 0 aliphatic heterocycles. The van der Waals surface area contributed by atoms with E-state index in [-0.39, 0.29) is 0 Å². The molecule has 0 radical (unpaired) electrons. The lowest BCUT2D eigenvalue weighted by Gasteiger charge is -2.36. The number of benzene rings is 1. The number of fused-ring (bicyclic) bond motifs is 1. The van der Waals surface area contributed by atoms with Crippen LogP contribution in [-0.2, 0) is 0 Å². The lowest BCUT2D eigenvalue weighted by atomic mass is 9.71. The molecule has 3 atom stereocenters. The zero-order valence-corrected chi connectivity index (χ0v) is 12.4. The van der Waals surface area contributed by atoms with Gasteiger partial charge in [0.25, 0.3) is 0 Å². The van der Waals surface area contributed by atoms with Gasteiger partial charge in [-0.25, -0.2) is 0 Å². The first-order chi connectivity index (χ1) is 9.65. The first-order valence-corrected chi connectivity index (χ1v) is 7.75. The molecule has 1 aliphatic rings. The van der Waals surface area contributed by atoms with Gasteiger partial charge in [0.05, 0.1) is 5.52 Å². The first kappa shape index (κ1) is 13.6. The van der Waals surface area contributed by atoms with Gasteiger partial charge in [0.1, 0.15) is 0 Å². The van der Waals surface area contributed by atoms with Crippen LogP contribution in [0, 0.1) is 11.8 Å². The average molecular weight is 268 g/mol. The Bertz CT molecular complexity index is 591. The SMILES string of the molecule is CC(C)C1CCC(N)C(c2ccc3ncccc3c2)C1. The highest BCUT2D eigenvalue weighted by atomic mass is 14.7. The van der Waals surface area contributed by atoms with Gasteiger partial charge in [-0.3, -0.25) is 4.98 Å². The van der Waals surface area contributed by atoms with E-state index in [9.17, 15) is 0 Å². The lowest BCUT2D eigenvalue weighted by Crippen LogP contribution is -2.35. The highest BCUT2D eigenvalue weighted by Gasteiger charge is 2.30. The molecule has 2 aromatic rings. The second-order valence-corrected chi connectivity index (χ2v) is 6.54. The first-order valence-electron chi connectivity index (χ1n) is 7.75. The molecule has 2 N–H and O–H groups in total. The molecule has 1 aromatic carbocycles. The number of rotatable bonds is 2. The molecule has 0 amide bonds. The van der Waals surface area contributed by atoms with E-state index in [0.717, 1.165) is 23.8 Å². The molecule has 0 saturated heterocycles. The van der Waals surface area contributed by atoms with Crippen molar-refractivity contribution in [3.8, 4) is 0 Å². The largest absolute Gasteiger partial charge is 0.327 e. The van der Waals surface area contributed by atoms with Crippen LogP contribution in [0.3, 0.4) is 0 Å².